The quantitative estimate of drug-likeness (QED) is 0.366. The first-order chi connectivity index (χ1) is 13.1. The van der Waals surface area contributed by atoms with E-state index in [2.05, 4.69) is 26.6 Å². The molecule has 7 nitrogen and oxygen atoms in total. The molecule has 3 fully saturated rings. The Hall–Kier alpha value is -1.25. The lowest BCUT2D eigenvalue weighted by Crippen LogP contribution is -2.54. The molecule has 8 heteroatoms. The van der Waals surface area contributed by atoms with Crippen LogP contribution in [0.5, 0.6) is 0 Å². The van der Waals surface area contributed by atoms with Crippen LogP contribution in [0.2, 0.25) is 25.7 Å². The number of carbonyl (C=O) groups is 3. The van der Waals surface area contributed by atoms with Gasteiger partial charge < -0.3 is 14.4 Å². The summed E-state index contributed by atoms with van der Waals surface area (Å²) in [6.45, 7) is 10.7. The lowest BCUT2D eigenvalue weighted by atomic mass is 9.74. The van der Waals surface area contributed by atoms with E-state index in [1.165, 1.54) is 4.90 Å². The maximum absolute atomic E-state index is 13.2. The zero-order valence-electron chi connectivity index (χ0n) is 17.7. The summed E-state index contributed by atoms with van der Waals surface area (Å²) in [6, 6.07) is 0.717. The lowest BCUT2D eigenvalue weighted by molar-refractivity contribution is -0.137. The molecule has 2 aliphatic heterocycles. The molecule has 1 unspecified atom stereocenters. The fourth-order valence-electron chi connectivity index (χ4n) is 4.26. The first kappa shape index (κ1) is 21.5. The SMILES string of the molecule is CC1(CN2C(=O)N(COCC[Si](C)(C)C)C(=O)C23CCOC3)CCC(=O)CC1. The molecule has 158 valence electrons. The fraction of sp³-hybridized carbons (Fsp3) is 0.850. The topological polar surface area (TPSA) is 76.2 Å². The van der Waals surface area contributed by atoms with Gasteiger partial charge in [-0.05, 0) is 24.3 Å². The van der Waals surface area contributed by atoms with Gasteiger partial charge in [0.25, 0.3) is 5.91 Å². The highest BCUT2D eigenvalue weighted by atomic mass is 28.3. The number of imide groups is 1. The van der Waals surface area contributed by atoms with Gasteiger partial charge in [0.1, 0.15) is 18.1 Å². The number of ketones is 1. The molecule has 0 bridgehead atoms. The Bertz CT molecular complexity index is 629. The standard InChI is InChI=1S/C20H34N2O5Si/c1-19(7-5-16(23)6-8-19)13-22-18(25)21(15-27-11-12-28(2,3)4)17(24)20(22)9-10-26-14-20/h5-15H2,1-4H3. The van der Waals surface area contributed by atoms with Crippen molar-refractivity contribution >= 4 is 25.8 Å². The summed E-state index contributed by atoms with van der Waals surface area (Å²) in [5.41, 5.74) is -1.04. The van der Waals surface area contributed by atoms with Crippen molar-refractivity contribution in [2.45, 2.75) is 70.3 Å². The van der Waals surface area contributed by atoms with E-state index >= 15 is 0 Å². The summed E-state index contributed by atoms with van der Waals surface area (Å²) in [5, 5.41) is 0. The van der Waals surface area contributed by atoms with Crippen molar-refractivity contribution < 1.29 is 23.9 Å². The van der Waals surface area contributed by atoms with Crippen LogP contribution in [0.15, 0.2) is 0 Å². The molecular weight excluding hydrogens is 376 g/mol. The van der Waals surface area contributed by atoms with Crippen LogP contribution < -0.4 is 0 Å². The van der Waals surface area contributed by atoms with E-state index in [4.69, 9.17) is 9.47 Å². The second kappa shape index (κ2) is 7.87. The van der Waals surface area contributed by atoms with Crippen molar-refractivity contribution in [1.82, 2.24) is 9.80 Å². The summed E-state index contributed by atoms with van der Waals surface area (Å²) in [4.78, 5) is 41.0. The van der Waals surface area contributed by atoms with E-state index in [1.807, 2.05) is 0 Å². The van der Waals surface area contributed by atoms with Crippen LogP contribution in [0.4, 0.5) is 4.79 Å². The van der Waals surface area contributed by atoms with E-state index < -0.39 is 13.6 Å². The second-order valence-electron chi connectivity index (χ2n) is 10.1. The summed E-state index contributed by atoms with van der Waals surface area (Å²) in [7, 11) is -1.23. The number of carbonyl (C=O) groups excluding carboxylic acids is 3. The molecule has 0 aromatic rings. The van der Waals surface area contributed by atoms with Crippen LogP contribution in [-0.2, 0) is 19.1 Å². The molecule has 1 saturated carbocycles. The van der Waals surface area contributed by atoms with Gasteiger partial charge in [0.15, 0.2) is 0 Å². The molecular formula is C20H34N2O5Si. The molecule has 1 atom stereocenters. The van der Waals surface area contributed by atoms with E-state index in [0.29, 0.717) is 39.0 Å². The molecule has 2 saturated heterocycles. The Labute approximate surface area is 168 Å². The fourth-order valence-corrected chi connectivity index (χ4v) is 5.01. The largest absolute Gasteiger partial charge is 0.378 e. The van der Waals surface area contributed by atoms with Gasteiger partial charge >= 0.3 is 6.03 Å². The molecule has 0 N–H and O–H groups in total. The molecule has 28 heavy (non-hydrogen) atoms. The number of ether oxygens (including phenoxy) is 2. The monoisotopic (exact) mass is 410 g/mol. The van der Waals surface area contributed by atoms with E-state index in [1.54, 1.807) is 4.90 Å². The second-order valence-corrected chi connectivity index (χ2v) is 15.8. The minimum atomic E-state index is -1.23. The summed E-state index contributed by atoms with van der Waals surface area (Å²) in [5.74, 6) is 0.0936. The van der Waals surface area contributed by atoms with Gasteiger partial charge in [0.2, 0.25) is 0 Å². The first-order valence-electron chi connectivity index (χ1n) is 10.4. The molecule has 1 spiro atoms. The third kappa shape index (κ3) is 4.33. The Morgan fingerprint density at radius 1 is 1.11 bits per heavy atom. The normalized spacial score (nSPS) is 28.1. The number of nitrogens with zero attached hydrogens (tertiary/aromatic N) is 2. The van der Waals surface area contributed by atoms with Crippen LogP contribution in [0.25, 0.3) is 0 Å². The molecule has 3 aliphatic rings. The van der Waals surface area contributed by atoms with Gasteiger partial charge in [-0.2, -0.15) is 0 Å². The Kier molecular flexibility index (Phi) is 6.03. The Balaban J connectivity index is 1.70. The molecule has 1 aliphatic carbocycles. The Morgan fingerprint density at radius 3 is 2.36 bits per heavy atom. The summed E-state index contributed by atoms with van der Waals surface area (Å²) in [6.07, 6.45) is 3.15. The predicted octanol–water partition coefficient (Wildman–Crippen LogP) is 2.87. The highest BCUT2D eigenvalue weighted by molar-refractivity contribution is 6.76. The highest BCUT2D eigenvalue weighted by Crippen LogP contribution is 2.42. The number of hydrogen-bond acceptors (Lipinski definition) is 5. The maximum atomic E-state index is 13.2. The van der Waals surface area contributed by atoms with Gasteiger partial charge in [-0.25, -0.2) is 9.69 Å². The number of rotatable bonds is 7. The van der Waals surface area contributed by atoms with Crippen molar-refractivity contribution in [3.8, 4) is 0 Å². The smallest absolute Gasteiger partial charge is 0.329 e. The van der Waals surface area contributed by atoms with E-state index in [0.717, 1.165) is 18.9 Å². The lowest BCUT2D eigenvalue weighted by Gasteiger charge is -2.40. The van der Waals surface area contributed by atoms with Crippen molar-refractivity contribution in [3.05, 3.63) is 0 Å². The van der Waals surface area contributed by atoms with Crippen LogP contribution in [0, 0.1) is 5.41 Å². The zero-order chi connectivity index (χ0) is 20.6. The summed E-state index contributed by atoms with van der Waals surface area (Å²) >= 11 is 0. The van der Waals surface area contributed by atoms with Gasteiger partial charge in [-0.3, -0.25) is 9.59 Å². The number of urea groups is 1. The number of Topliss-reactive ketones (excluding diaryl/α,β-unsaturated/α-hetero) is 1. The van der Waals surface area contributed by atoms with Gasteiger partial charge in [0, 0.05) is 47.1 Å². The van der Waals surface area contributed by atoms with Crippen molar-refractivity contribution in [2.75, 3.05) is 33.1 Å². The van der Waals surface area contributed by atoms with Crippen LogP contribution in [-0.4, -0.2) is 74.2 Å². The molecule has 3 amide bonds. The predicted molar refractivity (Wildman–Crippen MR) is 108 cm³/mol. The molecule has 3 rings (SSSR count). The maximum Gasteiger partial charge on any atom is 0.329 e. The van der Waals surface area contributed by atoms with Gasteiger partial charge in [0.05, 0.1) is 6.61 Å². The van der Waals surface area contributed by atoms with Crippen LogP contribution in [0.1, 0.15) is 39.0 Å². The number of hydrogen-bond donors (Lipinski definition) is 0. The van der Waals surface area contributed by atoms with Crippen molar-refractivity contribution in [3.63, 3.8) is 0 Å². The molecule has 2 heterocycles. The third-order valence-electron chi connectivity index (χ3n) is 6.39. The summed E-state index contributed by atoms with van der Waals surface area (Å²) < 4.78 is 11.3. The minimum absolute atomic E-state index is 0.00952. The molecule has 0 radical (unpaired) electrons. The van der Waals surface area contributed by atoms with Gasteiger partial charge in [-0.1, -0.05) is 26.6 Å². The Morgan fingerprint density at radius 2 is 1.79 bits per heavy atom. The van der Waals surface area contributed by atoms with E-state index in [9.17, 15) is 14.4 Å². The average molecular weight is 411 g/mol. The average Bonchev–Trinajstić information content (AvgIpc) is 3.17. The van der Waals surface area contributed by atoms with Crippen LogP contribution >= 0.6 is 0 Å². The van der Waals surface area contributed by atoms with Crippen molar-refractivity contribution in [2.24, 2.45) is 5.41 Å². The number of amides is 3. The molecule has 0 aromatic carbocycles. The molecule has 0 aromatic heterocycles. The minimum Gasteiger partial charge on any atom is -0.378 e. The highest BCUT2D eigenvalue weighted by Gasteiger charge is 2.60. The first-order valence-corrected chi connectivity index (χ1v) is 14.1. The van der Waals surface area contributed by atoms with E-state index in [-0.39, 0.29) is 36.5 Å². The van der Waals surface area contributed by atoms with Crippen LogP contribution in [0.3, 0.4) is 0 Å². The van der Waals surface area contributed by atoms with Gasteiger partial charge in [-0.15, -0.1) is 0 Å². The zero-order valence-corrected chi connectivity index (χ0v) is 18.7. The van der Waals surface area contributed by atoms with Crippen molar-refractivity contribution in [1.29, 1.82) is 0 Å². The third-order valence-corrected chi connectivity index (χ3v) is 8.10.